The Labute approximate surface area is 116 Å². The van der Waals surface area contributed by atoms with E-state index in [0.717, 1.165) is 45.3 Å². The molecule has 0 aromatic heterocycles. The molecule has 4 heteroatoms. The highest BCUT2D eigenvalue weighted by Crippen LogP contribution is 2.26. The van der Waals surface area contributed by atoms with Crippen LogP contribution in [0.25, 0.3) is 0 Å². The third-order valence-corrected chi connectivity index (χ3v) is 4.49. The van der Waals surface area contributed by atoms with Crippen LogP contribution in [0.3, 0.4) is 0 Å². The number of fused-ring (bicyclic) bond motifs is 1. The highest BCUT2D eigenvalue weighted by atomic mass is 16.1. The number of hydrogen-bond donors (Lipinski definition) is 1. The van der Waals surface area contributed by atoms with Crippen LogP contribution in [0.15, 0.2) is 0 Å². The fourth-order valence-corrected chi connectivity index (χ4v) is 3.19. The molecule has 0 spiro atoms. The minimum absolute atomic E-state index is 0.197. The van der Waals surface area contributed by atoms with E-state index in [0.29, 0.717) is 18.4 Å². The average molecular weight is 263 g/mol. The van der Waals surface area contributed by atoms with E-state index < -0.39 is 0 Å². The van der Waals surface area contributed by atoms with Crippen LogP contribution in [0.1, 0.15) is 46.0 Å². The number of likely N-dealkylation sites (tertiary alicyclic amines) is 1. The van der Waals surface area contributed by atoms with Gasteiger partial charge in [-0.05, 0) is 52.0 Å². The van der Waals surface area contributed by atoms with Gasteiger partial charge in [-0.3, -0.25) is 4.79 Å². The summed E-state index contributed by atoms with van der Waals surface area (Å²) in [5, 5.41) is 12.1. The van der Waals surface area contributed by atoms with Crippen LogP contribution in [0.2, 0.25) is 0 Å². The molecule has 2 atom stereocenters. The number of nitrogens with zero attached hydrogens (tertiary/aromatic N) is 2. The summed E-state index contributed by atoms with van der Waals surface area (Å²) in [5.74, 6) is 0.862. The number of piperidine rings is 2. The number of hydrogen-bond acceptors (Lipinski definition) is 3. The first kappa shape index (κ1) is 14.3. The Balaban J connectivity index is 1.73. The average Bonchev–Trinajstić information content (AvgIpc) is 2.39. The Bertz CT molecular complexity index is 372. The van der Waals surface area contributed by atoms with E-state index in [1.807, 2.05) is 13.8 Å². The van der Waals surface area contributed by atoms with Crippen molar-refractivity contribution in [3.05, 3.63) is 0 Å². The molecule has 1 N–H and O–H groups in total. The van der Waals surface area contributed by atoms with Crippen LogP contribution in [-0.2, 0) is 4.79 Å². The zero-order valence-electron chi connectivity index (χ0n) is 12.1. The molecule has 0 aromatic carbocycles. The molecule has 2 unspecified atom stereocenters. The Hall–Kier alpha value is -1.08. The SMILES string of the molecule is CC(C)(C#N)CCCN1CCC2NC(=O)CCC2C1. The molecule has 0 aromatic rings. The van der Waals surface area contributed by atoms with Crippen molar-refractivity contribution in [3.8, 4) is 6.07 Å². The lowest BCUT2D eigenvalue weighted by molar-refractivity contribution is -0.125. The van der Waals surface area contributed by atoms with Gasteiger partial charge in [-0.15, -0.1) is 0 Å². The van der Waals surface area contributed by atoms with Gasteiger partial charge in [0.1, 0.15) is 0 Å². The Kier molecular flexibility index (Phi) is 4.46. The van der Waals surface area contributed by atoms with Crippen molar-refractivity contribution in [1.82, 2.24) is 10.2 Å². The maximum atomic E-state index is 11.4. The maximum Gasteiger partial charge on any atom is 0.220 e. The monoisotopic (exact) mass is 263 g/mol. The molecule has 2 fully saturated rings. The predicted molar refractivity (Wildman–Crippen MR) is 74.3 cm³/mol. The summed E-state index contributed by atoms with van der Waals surface area (Å²) in [4.78, 5) is 13.9. The van der Waals surface area contributed by atoms with Gasteiger partial charge in [-0.25, -0.2) is 0 Å². The molecule has 2 aliphatic heterocycles. The summed E-state index contributed by atoms with van der Waals surface area (Å²) in [7, 11) is 0. The zero-order chi connectivity index (χ0) is 13.9. The maximum absolute atomic E-state index is 11.4. The van der Waals surface area contributed by atoms with Crippen LogP contribution in [0.5, 0.6) is 0 Å². The number of nitrogens with one attached hydrogen (secondary N) is 1. The molecule has 2 aliphatic rings. The summed E-state index contributed by atoms with van der Waals surface area (Å²) in [5.41, 5.74) is -0.197. The van der Waals surface area contributed by atoms with E-state index in [1.165, 1.54) is 0 Å². The normalized spacial score (nSPS) is 28.4. The lowest BCUT2D eigenvalue weighted by Gasteiger charge is -2.41. The minimum atomic E-state index is -0.197. The Morgan fingerprint density at radius 1 is 1.47 bits per heavy atom. The third kappa shape index (κ3) is 3.94. The largest absolute Gasteiger partial charge is 0.353 e. The van der Waals surface area contributed by atoms with Crippen molar-refractivity contribution in [2.45, 2.75) is 52.0 Å². The second-order valence-electron chi connectivity index (χ2n) is 6.66. The molecule has 2 heterocycles. The number of nitriles is 1. The van der Waals surface area contributed by atoms with Crippen molar-refractivity contribution in [1.29, 1.82) is 5.26 Å². The molecular formula is C15H25N3O. The molecule has 0 saturated carbocycles. The fourth-order valence-electron chi connectivity index (χ4n) is 3.19. The van der Waals surface area contributed by atoms with Crippen LogP contribution >= 0.6 is 0 Å². The van der Waals surface area contributed by atoms with Gasteiger partial charge in [0.25, 0.3) is 0 Å². The van der Waals surface area contributed by atoms with Crippen molar-refractivity contribution in [2.24, 2.45) is 11.3 Å². The summed E-state index contributed by atoms with van der Waals surface area (Å²) in [6.07, 6.45) is 4.86. The van der Waals surface area contributed by atoms with Gasteiger partial charge in [0.05, 0.1) is 11.5 Å². The van der Waals surface area contributed by atoms with Crippen LogP contribution in [0, 0.1) is 22.7 Å². The van der Waals surface area contributed by atoms with E-state index in [9.17, 15) is 4.79 Å². The lowest BCUT2D eigenvalue weighted by atomic mass is 9.84. The molecule has 0 aliphatic carbocycles. The Morgan fingerprint density at radius 2 is 2.26 bits per heavy atom. The molecule has 2 saturated heterocycles. The smallest absolute Gasteiger partial charge is 0.220 e. The van der Waals surface area contributed by atoms with Crippen molar-refractivity contribution in [3.63, 3.8) is 0 Å². The van der Waals surface area contributed by atoms with Crippen LogP contribution in [0.4, 0.5) is 0 Å². The number of amides is 1. The zero-order valence-corrected chi connectivity index (χ0v) is 12.1. The number of rotatable bonds is 4. The molecule has 0 radical (unpaired) electrons. The lowest BCUT2D eigenvalue weighted by Crippen LogP contribution is -2.54. The molecule has 2 rings (SSSR count). The summed E-state index contributed by atoms with van der Waals surface area (Å²) in [6, 6.07) is 2.77. The second-order valence-corrected chi connectivity index (χ2v) is 6.66. The van der Waals surface area contributed by atoms with Crippen LogP contribution < -0.4 is 5.32 Å². The molecular weight excluding hydrogens is 238 g/mol. The van der Waals surface area contributed by atoms with Crippen molar-refractivity contribution < 1.29 is 4.79 Å². The fraction of sp³-hybridized carbons (Fsp3) is 0.867. The van der Waals surface area contributed by atoms with Gasteiger partial charge in [-0.2, -0.15) is 5.26 Å². The first-order valence-corrected chi connectivity index (χ1v) is 7.43. The quantitative estimate of drug-likeness (QED) is 0.843. The Morgan fingerprint density at radius 3 is 3.00 bits per heavy atom. The van der Waals surface area contributed by atoms with Gasteiger partial charge in [0, 0.05) is 25.6 Å². The minimum Gasteiger partial charge on any atom is -0.353 e. The van der Waals surface area contributed by atoms with E-state index in [-0.39, 0.29) is 11.3 Å². The van der Waals surface area contributed by atoms with Gasteiger partial charge in [-0.1, -0.05) is 0 Å². The first-order valence-electron chi connectivity index (χ1n) is 7.43. The number of carbonyl (C=O) groups excluding carboxylic acids is 1. The van der Waals surface area contributed by atoms with Gasteiger partial charge in [0.2, 0.25) is 5.91 Å². The molecule has 0 bridgehead atoms. The predicted octanol–water partition coefficient (Wildman–Crippen LogP) is 1.92. The standard InChI is InChI=1S/C15H25N3O/c1-15(2,11-16)7-3-8-18-9-6-13-12(10-18)4-5-14(19)17-13/h12-13H,3-10H2,1-2H3,(H,17,19). The topological polar surface area (TPSA) is 56.1 Å². The van der Waals surface area contributed by atoms with Gasteiger partial charge < -0.3 is 10.2 Å². The van der Waals surface area contributed by atoms with Crippen LogP contribution in [-0.4, -0.2) is 36.5 Å². The van der Waals surface area contributed by atoms with E-state index in [2.05, 4.69) is 16.3 Å². The van der Waals surface area contributed by atoms with Crippen molar-refractivity contribution in [2.75, 3.05) is 19.6 Å². The summed E-state index contributed by atoms with van der Waals surface area (Å²) < 4.78 is 0. The molecule has 4 nitrogen and oxygen atoms in total. The van der Waals surface area contributed by atoms with Gasteiger partial charge in [0.15, 0.2) is 0 Å². The first-order chi connectivity index (χ1) is 9.00. The van der Waals surface area contributed by atoms with E-state index >= 15 is 0 Å². The third-order valence-electron chi connectivity index (χ3n) is 4.49. The molecule has 19 heavy (non-hydrogen) atoms. The number of carbonyl (C=O) groups is 1. The van der Waals surface area contributed by atoms with Gasteiger partial charge >= 0.3 is 0 Å². The highest BCUT2D eigenvalue weighted by Gasteiger charge is 2.33. The molecule has 106 valence electrons. The highest BCUT2D eigenvalue weighted by molar-refractivity contribution is 5.77. The van der Waals surface area contributed by atoms with E-state index in [1.54, 1.807) is 0 Å². The molecule has 1 amide bonds. The summed E-state index contributed by atoms with van der Waals surface area (Å²) in [6.45, 7) is 7.29. The van der Waals surface area contributed by atoms with E-state index in [4.69, 9.17) is 5.26 Å². The van der Waals surface area contributed by atoms with Crippen molar-refractivity contribution >= 4 is 5.91 Å². The second kappa shape index (κ2) is 5.92. The summed E-state index contributed by atoms with van der Waals surface area (Å²) >= 11 is 0.